The van der Waals surface area contributed by atoms with Gasteiger partial charge in [0.25, 0.3) is 0 Å². The first-order valence-corrected chi connectivity index (χ1v) is 7.92. The van der Waals surface area contributed by atoms with Gasteiger partial charge in [0, 0.05) is 19.2 Å². The topological polar surface area (TPSA) is 23.5 Å². The summed E-state index contributed by atoms with van der Waals surface area (Å²) < 4.78 is 0. The number of aliphatic hydroxyl groups excluding tert-OH is 1. The summed E-state index contributed by atoms with van der Waals surface area (Å²) in [6.07, 6.45) is 9.15. The maximum absolute atomic E-state index is 8.88. The molecule has 0 aliphatic heterocycles. The zero-order chi connectivity index (χ0) is 13.8. The molecule has 110 valence electrons. The van der Waals surface area contributed by atoms with Crippen LogP contribution >= 0.6 is 0 Å². The Morgan fingerprint density at radius 1 is 0.778 bits per heavy atom. The fraction of sp³-hybridized carbons (Fsp3) is 1.00. The molecule has 0 aromatic rings. The molecule has 0 radical (unpaired) electrons. The number of aliphatic hydroxyl groups is 1. The van der Waals surface area contributed by atoms with E-state index in [2.05, 4.69) is 32.6 Å². The van der Waals surface area contributed by atoms with Crippen molar-refractivity contribution < 1.29 is 5.11 Å². The summed E-state index contributed by atoms with van der Waals surface area (Å²) in [5.74, 6) is 0.861. The van der Waals surface area contributed by atoms with E-state index in [-0.39, 0.29) is 0 Å². The fourth-order valence-electron chi connectivity index (χ4n) is 2.30. The van der Waals surface area contributed by atoms with Crippen molar-refractivity contribution >= 4 is 0 Å². The van der Waals surface area contributed by atoms with E-state index in [1.54, 1.807) is 0 Å². The average Bonchev–Trinajstić information content (AvgIpc) is 2.30. The van der Waals surface area contributed by atoms with E-state index in [0.717, 1.165) is 18.9 Å². The molecule has 1 N–H and O–H groups in total. The second-order valence-corrected chi connectivity index (χ2v) is 6.16. The molecular formula is C16H35NO. The first kappa shape index (κ1) is 17.9. The Balaban J connectivity index is 3.43. The van der Waals surface area contributed by atoms with E-state index in [1.807, 2.05) is 0 Å². The number of hydrogen-bond acceptors (Lipinski definition) is 2. The predicted octanol–water partition coefficient (Wildman–Crippen LogP) is 4.08. The van der Waals surface area contributed by atoms with Crippen molar-refractivity contribution in [2.75, 3.05) is 19.7 Å². The van der Waals surface area contributed by atoms with Crippen molar-refractivity contribution in [1.29, 1.82) is 0 Å². The lowest BCUT2D eigenvalue weighted by molar-refractivity contribution is 0.188. The van der Waals surface area contributed by atoms with Crippen LogP contribution in [-0.2, 0) is 0 Å². The van der Waals surface area contributed by atoms with Gasteiger partial charge in [-0.2, -0.15) is 0 Å². The van der Waals surface area contributed by atoms with Gasteiger partial charge in [0.2, 0.25) is 0 Å². The van der Waals surface area contributed by atoms with Crippen LogP contribution in [0.4, 0.5) is 0 Å². The van der Waals surface area contributed by atoms with Gasteiger partial charge in [0.1, 0.15) is 0 Å². The third kappa shape index (κ3) is 11.0. The summed E-state index contributed by atoms with van der Waals surface area (Å²) in [4.78, 5) is 2.49. The molecule has 2 nitrogen and oxygen atoms in total. The highest BCUT2D eigenvalue weighted by molar-refractivity contribution is 4.63. The molecule has 0 bridgehead atoms. The number of rotatable bonds is 12. The summed E-state index contributed by atoms with van der Waals surface area (Å²) in [5, 5.41) is 8.88. The maximum atomic E-state index is 8.88. The van der Waals surface area contributed by atoms with E-state index in [1.165, 1.54) is 45.1 Å². The SMILES string of the molecule is CC(C)CCCCCCCN(CCCO)C(C)C. The highest BCUT2D eigenvalue weighted by Gasteiger charge is 2.07. The van der Waals surface area contributed by atoms with Crippen LogP contribution in [0.25, 0.3) is 0 Å². The van der Waals surface area contributed by atoms with E-state index >= 15 is 0 Å². The van der Waals surface area contributed by atoms with Crippen LogP contribution in [0.3, 0.4) is 0 Å². The van der Waals surface area contributed by atoms with Crippen LogP contribution in [0.5, 0.6) is 0 Å². The third-order valence-corrected chi connectivity index (χ3v) is 3.56. The van der Waals surface area contributed by atoms with E-state index in [9.17, 15) is 0 Å². The van der Waals surface area contributed by atoms with Gasteiger partial charge in [-0.1, -0.05) is 46.0 Å². The highest BCUT2D eigenvalue weighted by Crippen LogP contribution is 2.11. The Bertz CT molecular complexity index is 168. The molecule has 0 aliphatic rings. The zero-order valence-corrected chi connectivity index (χ0v) is 13.1. The van der Waals surface area contributed by atoms with Crippen LogP contribution in [0.15, 0.2) is 0 Å². The summed E-state index contributed by atoms with van der Waals surface area (Å²) in [7, 11) is 0. The lowest BCUT2D eigenvalue weighted by Gasteiger charge is -2.26. The fourth-order valence-corrected chi connectivity index (χ4v) is 2.30. The molecule has 0 amide bonds. The molecule has 0 saturated carbocycles. The van der Waals surface area contributed by atoms with Gasteiger partial charge in [-0.3, -0.25) is 0 Å². The zero-order valence-electron chi connectivity index (χ0n) is 13.1. The average molecular weight is 257 g/mol. The summed E-state index contributed by atoms with van der Waals surface area (Å²) in [5.41, 5.74) is 0. The van der Waals surface area contributed by atoms with Crippen LogP contribution in [-0.4, -0.2) is 35.7 Å². The van der Waals surface area contributed by atoms with Gasteiger partial charge in [-0.15, -0.1) is 0 Å². The summed E-state index contributed by atoms with van der Waals surface area (Å²) in [6.45, 7) is 11.7. The van der Waals surface area contributed by atoms with Crippen molar-refractivity contribution in [3.8, 4) is 0 Å². The van der Waals surface area contributed by atoms with Gasteiger partial charge in [-0.05, 0) is 39.2 Å². The van der Waals surface area contributed by atoms with Crippen molar-refractivity contribution in [2.45, 2.75) is 78.7 Å². The van der Waals surface area contributed by atoms with Crippen LogP contribution < -0.4 is 0 Å². The second kappa shape index (κ2) is 12.0. The maximum Gasteiger partial charge on any atom is 0.0443 e. The lowest BCUT2D eigenvalue weighted by Crippen LogP contribution is -2.33. The molecule has 0 fully saturated rings. The minimum Gasteiger partial charge on any atom is -0.396 e. The molecule has 0 heterocycles. The second-order valence-electron chi connectivity index (χ2n) is 6.16. The predicted molar refractivity (Wildman–Crippen MR) is 81.0 cm³/mol. The molecule has 0 saturated heterocycles. The molecule has 18 heavy (non-hydrogen) atoms. The van der Waals surface area contributed by atoms with Gasteiger partial charge >= 0.3 is 0 Å². The normalized spacial score (nSPS) is 12.0. The lowest BCUT2D eigenvalue weighted by atomic mass is 10.0. The smallest absolute Gasteiger partial charge is 0.0443 e. The van der Waals surface area contributed by atoms with Crippen molar-refractivity contribution in [2.24, 2.45) is 5.92 Å². The molecule has 0 rings (SSSR count). The molecule has 0 aromatic carbocycles. The minimum absolute atomic E-state index is 0.318. The van der Waals surface area contributed by atoms with Crippen LogP contribution in [0.2, 0.25) is 0 Å². The number of unbranched alkanes of at least 4 members (excludes halogenated alkanes) is 4. The first-order valence-electron chi connectivity index (χ1n) is 7.92. The molecular weight excluding hydrogens is 222 g/mol. The van der Waals surface area contributed by atoms with Crippen molar-refractivity contribution in [1.82, 2.24) is 4.90 Å². The molecule has 0 spiro atoms. The molecule has 0 aromatic heterocycles. The molecule has 0 aliphatic carbocycles. The quantitative estimate of drug-likeness (QED) is 0.533. The van der Waals surface area contributed by atoms with Gasteiger partial charge in [-0.25, -0.2) is 0 Å². The Kier molecular flexibility index (Phi) is 11.9. The molecule has 2 heteroatoms. The first-order chi connectivity index (χ1) is 8.57. The van der Waals surface area contributed by atoms with Crippen LogP contribution in [0.1, 0.15) is 72.6 Å². The van der Waals surface area contributed by atoms with E-state index in [4.69, 9.17) is 5.11 Å². The summed E-state index contributed by atoms with van der Waals surface area (Å²) in [6, 6.07) is 0.609. The Morgan fingerprint density at radius 3 is 1.89 bits per heavy atom. The number of hydrogen-bond donors (Lipinski definition) is 1. The van der Waals surface area contributed by atoms with Crippen LogP contribution in [0, 0.1) is 5.92 Å². The van der Waals surface area contributed by atoms with E-state index < -0.39 is 0 Å². The highest BCUT2D eigenvalue weighted by atomic mass is 16.3. The Morgan fingerprint density at radius 2 is 1.33 bits per heavy atom. The largest absolute Gasteiger partial charge is 0.396 e. The minimum atomic E-state index is 0.318. The van der Waals surface area contributed by atoms with Crippen molar-refractivity contribution in [3.05, 3.63) is 0 Å². The van der Waals surface area contributed by atoms with E-state index in [0.29, 0.717) is 12.6 Å². The summed E-state index contributed by atoms with van der Waals surface area (Å²) >= 11 is 0. The number of nitrogens with zero attached hydrogens (tertiary/aromatic N) is 1. The monoisotopic (exact) mass is 257 g/mol. The van der Waals surface area contributed by atoms with Gasteiger partial charge in [0.15, 0.2) is 0 Å². The standard InChI is InChI=1S/C16H35NO/c1-15(2)11-8-6-5-7-9-12-17(16(3)4)13-10-14-18/h15-16,18H,5-14H2,1-4H3. The van der Waals surface area contributed by atoms with Gasteiger partial charge < -0.3 is 10.0 Å². The third-order valence-electron chi connectivity index (χ3n) is 3.56. The van der Waals surface area contributed by atoms with Gasteiger partial charge in [0.05, 0.1) is 0 Å². The Labute approximate surface area is 115 Å². The molecule has 0 unspecified atom stereocenters. The molecule has 0 atom stereocenters. The Hall–Kier alpha value is -0.0800. The van der Waals surface area contributed by atoms with Crippen molar-refractivity contribution in [3.63, 3.8) is 0 Å².